The molecule has 0 saturated heterocycles. The van der Waals surface area contributed by atoms with E-state index >= 15 is 0 Å². The Morgan fingerprint density at radius 2 is 1.00 bits per heavy atom. The largest absolute Gasteiger partial charge is 0.478 e. The maximum Gasteiger partial charge on any atom is 0.336 e. The molecule has 0 fully saturated rings. The third kappa shape index (κ3) is 3.64. The van der Waals surface area contributed by atoms with E-state index in [1.165, 1.54) is 22.7 Å². The predicted octanol–water partition coefficient (Wildman–Crippen LogP) is 4.28. The van der Waals surface area contributed by atoms with Crippen LogP contribution in [-0.4, -0.2) is 33.7 Å². The van der Waals surface area contributed by atoms with Crippen LogP contribution in [0, 0.1) is 13.8 Å². The van der Waals surface area contributed by atoms with Gasteiger partial charge in [-0.2, -0.15) is 0 Å². The van der Waals surface area contributed by atoms with Gasteiger partial charge < -0.3 is 10.2 Å². The van der Waals surface area contributed by atoms with Crippen LogP contribution in [0.2, 0.25) is 0 Å². The summed E-state index contributed by atoms with van der Waals surface area (Å²) in [5, 5.41) is 19.1. The molecule has 0 bridgehead atoms. The molecule has 2 heterocycles. The lowest BCUT2D eigenvalue weighted by molar-refractivity contribution is 0.0677. The number of carboxylic acids is 2. The quantitative estimate of drug-likeness (QED) is 0.583. The number of hydrogen-bond acceptors (Lipinski definition) is 6. The van der Waals surface area contributed by atoms with Crippen molar-refractivity contribution in [2.45, 2.75) is 13.8 Å². The molecule has 0 amide bonds. The third-order valence-electron chi connectivity index (χ3n) is 4.04. The molecule has 2 N–H and O–H groups in total. The van der Waals surface area contributed by atoms with E-state index in [1.807, 2.05) is 0 Å². The van der Waals surface area contributed by atoms with Gasteiger partial charge in [-0.05, 0) is 50.2 Å². The number of rotatable bonds is 6. The zero-order valence-corrected chi connectivity index (χ0v) is 16.4. The number of carbonyl (C=O) groups is 4. The van der Waals surface area contributed by atoms with Crippen LogP contribution in [0.25, 0.3) is 0 Å². The minimum Gasteiger partial charge on any atom is -0.478 e. The van der Waals surface area contributed by atoms with Gasteiger partial charge in [-0.25, -0.2) is 9.59 Å². The molecule has 2 aromatic heterocycles. The molecule has 28 heavy (non-hydrogen) atoms. The fourth-order valence-corrected chi connectivity index (χ4v) is 4.35. The topological polar surface area (TPSA) is 109 Å². The Labute approximate surface area is 167 Å². The summed E-state index contributed by atoms with van der Waals surface area (Å²) in [5.41, 5.74) is -1.33. The number of thiophene rings is 2. The highest BCUT2D eigenvalue weighted by atomic mass is 32.1. The van der Waals surface area contributed by atoms with E-state index in [-0.39, 0.29) is 11.1 Å². The van der Waals surface area contributed by atoms with E-state index in [2.05, 4.69) is 0 Å². The fraction of sp³-hybridized carbons (Fsp3) is 0.100. The van der Waals surface area contributed by atoms with E-state index in [4.69, 9.17) is 0 Å². The Morgan fingerprint density at radius 1 is 0.643 bits per heavy atom. The molecule has 0 aliphatic carbocycles. The van der Waals surface area contributed by atoms with Gasteiger partial charge in [-0.3, -0.25) is 9.59 Å². The van der Waals surface area contributed by atoms with Crippen LogP contribution in [0.5, 0.6) is 0 Å². The van der Waals surface area contributed by atoms with Crippen molar-refractivity contribution in [3.63, 3.8) is 0 Å². The first kappa shape index (κ1) is 19.7. The van der Waals surface area contributed by atoms with Crippen LogP contribution < -0.4 is 0 Å². The Balaban J connectivity index is 2.21. The fourth-order valence-electron chi connectivity index (χ4n) is 2.71. The zero-order chi connectivity index (χ0) is 20.6. The molecule has 8 heteroatoms. The molecule has 3 rings (SSSR count). The van der Waals surface area contributed by atoms with Crippen molar-refractivity contribution >= 4 is 46.2 Å². The Kier molecular flexibility index (Phi) is 5.26. The SMILES string of the molecule is Cc1ccc(C(=O)c2cc(C(=O)O)c(C(=O)c3ccc(C)s3)cc2C(=O)O)s1. The smallest absolute Gasteiger partial charge is 0.336 e. The molecule has 0 spiro atoms. The normalized spacial score (nSPS) is 10.6. The van der Waals surface area contributed by atoms with E-state index in [9.17, 15) is 29.4 Å². The van der Waals surface area contributed by atoms with Crippen LogP contribution in [0.3, 0.4) is 0 Å². The molecule has 142 valence electrons. The first-order valence-electron chi connectivity index (χ1n) is 8.06. The van der Waals surface area contributed by atoms with E-state index in [0.29, 0.717) is 9.75 Å². The van der Waals surface area contributed by atoms with Crippen molar-refractivity contribution in [2.75, 3.05) is 0 Å². The van der Waals surface area contributed by atoms with Gasteiger partial charge in [-0.1, -0.05) is 0 Å². The first-order valence-corrected chi connectivity index (χ1v) is 9.69. The van der Waals surface area contributed by atoms with Crippen molar-refractivity contribution in [1.29, 1.82) is 0 Å². The Bertz CT molecular complexity index is 1050. The molecule has 0 aliphatic heterocycles. The van der Waals surface area contributed by atoms with Crippen molar-refractivity contribution < 1.29 is 29.4 Å². The Hall–Kier alpha value is -3.10. The van der Waals surface area contributed by atoms with Gasteiger partial charge in [0, 0.05) is 20.9 Å². The molecule has 0 saturated carbocycles. The lowest BCUT2D eigenvalue weighted by Crippen LogP contribution is -2.16. The molecule has 0 atom stereocenters. The highest BCUT2D eigenvalue weighted by molar-refractivity contribution is 7.14. The lowest BCUT2D eigenvalue weighted by Gasteiger charge is -2.10. The molecule has 0 radical (unpaired) electrons. The van der Waals surface area contributed by atoms with Gasteiger partial charge in [0.05, 0.1) is 20.9 Å². The summed E-state index contributed by atoms with van der Waals surface area (Å²) in [7, 11) is 0. The highest BCUT2D eigenvalue weighted by Crippen LogP contribution is 2.27. The summed E-state index contributed by atoms with van der Waals surface area (Å²) in [5.74, 6) is -4.01. The van der Waals surface area contributed by atoms with Gasteiger partial charge in [0.1, 0.15) is 0 Å². The minimum absolute atomic E-state index is 0.259. The highest BCUT2D eigenvalue weighted by Gasteiger charge is 2.27. The van der Waals surface area contributed by atoms with Crippen LogP contribution >= 0.6 is 22.7 Å². The maximum absolute atomic E-state index is 12.8. The minimum atomic E-state index is -1.41. The molecule has 6 nitrogen and oxygen atoms in total. The standard InChI is InChI=1S/C20H14O6S2/c1-9-3-5-15(27-9)17(21)11-7-14(20(25)26)12(8-13(11)19(23)24)18(22)16-6-4-10(2)28-16/h3-8H,1-2H3,(H,23,24)(H,25,26). The number of ketones is 2. The number of carbonyl (C=O) groups excluding carboxylic acids is 2. The summed E-state index contributed by atoms with van der Waals surface area (Å²) < 4.78 is 0. The van der Waals surface area contributed by atoms with Crippen LogP contribution in [0.15, 0.2) is 36.4 Å². The van der Waals surface area contributed by atoms with Crippen molar-refractivity contribution in [1.82, 2.24) is 0 Å². The number of carboxylic acid groups (broad SMARTS) is 2. The molecular formula is C20H14O6S2. The molecule has 0 aliphatic rings. The molecular weight excluding hydrogens is 400 g/mol. The van der Waals surface area contributed by atoms with E-state index in [0.717, 1.165) is 21.9 Å². The Morgan fingerprint density at radius 3 is 1.25 bits per heavy atom. The van der Waals surface area contributed by atoms with Crippen molar-refractivity contribution in [3.8, 4) is 0 Å². The predicted molar refractivity (Wildman–Crippen MR) is 105 cm³/mol. The summed E-state index contributed by atoms with van der Waals surface area (Å²) in [6.45, 7) is 3.60. The van der Waals surface area contributed by atoms with Gasteiger partial charge in [-0.15, -0.1) is 22.7 Å². The van der Waals surface area contributed by atoms with Gasteiger partial charge in [0.25, 0.3) is 0 Å². The molecule has 1 aromatic carbocycles. The van der Waals surface area contributed by atoms with Gasteiger partial charge in [0.2, 0.25) is 11.6 Å². The van der Waals surface area contributed by atoms with Crippen molar-refractivity contribution in [3.05, 3.63) is 78.2 Å². The number of aromatic carboxylic acids is 2. The molecule has 0 unspecified atom stereocenters. The average Bonchev–Trinajstić information content (AvgIpc) is 3.27. The second-order valence-corrected chi connectivity index (χ2v) is 8.61. The molecule has 3 aromatic rings. The van der Waals surface area contributed by atoms with Gasteiger partial charge in [0.15, 0.2) is 0 Å². The summed E-state index contributed by atoms with van der Waals surface area (Å²) in [6.07, 6.45) is 0. The second-order valence-electron chi connectivity index (χ2n) is 6.03. The summed E-state index contributed by atoms with van der Waals surface area (Å²) in [6, 6.07) is 8.51. The number of hydrogen-bond donors (Lipinski definition) is 2. The van der Waals surface area contributed by atoms with Crippen LogP contribution in [-0.2, 0) is 0 Å². The van der Waals surface area contributed by atoms with Crippen LogP contribution in [0.1, 0.15) is 60.9 Å². The zero-order valence-electron chi connectivity index (χ0n) is 14.8. The van der Waals surface area contributed by atoms with Crippen molar-refractivity contribution in [2.24, 2.45) is 0 Å². The van der Waals surface area contributed by atoms with Gasteiger partial charge >= 0.3 is 11.9 Å². The second kappa shape index (κ2) is 7.49. The summed E-state index contributed by atoms with van der Waals surface area (Å²) >= 11 is 2.36. The first-order chi connectivity index (χ1) is 13.2. The third-order valence-corrected chi connectivity index (χ3v) is 6.03. The number of benzene rings is 1. The average molecular weight is 414 g/mol. The summed E-state index contributed by atoms with van der Waals surface area (Å²) in [4.78, 5) is 51.4. The van der Waals surface area contributed by atoms with Crippen LogP contribution in [0.4, 0.5) is 0 Å². The maximum atomic E-state index is 12.8. The number of aryl methyl sites for hydroxylation is 2. The monoisotopic (exact) mass is 414 g/mol. The van der Waals surface area contributed by atoms with E-state index in [1.54, 1.807) is 38.1 Å². The lowest BCUT2D eigenvalue weighted by atomic mass is 9.93. The van der Waals surface area contributed by atoms with E-state index < -0.39 is 34.6 Å².